The molecule has 1 atom stereocenters. The maximum Gasteiger partial charge on any atom is 0.262 e. The molecule has 0 aliphatic carbocycles. The fraction of sp³-hybridized carbons (Fsp3) is 0.308. The molecule has 7 rings (SSSR count). The Morgan fingerprint density at radius 2 is 1.65 bits per heavy atom. The molecule has 52 heavy (non-hydrogen) atoms. The van der Waals surface area contributed by atoms with E-state index in [2.05, 4.69) is 20.9 Å². The topological polar surface area (TPSA) is 130 Å². The molecule has 2 aliphatic heterocycles. The van der Waals surface area contributed by atoms with Crippen LogP contribution in [0.4, 0.5) is 0 Å². The summed E-state index contributed by atoms with van der Waals surface area (Å²) in [6, 6.07) is 19.3. The number of hydrogen-bond acceptors (Lipinski definition) is 8. The van der Waals surface area contributed by atoms with Crippen LogP contribution in [0.15, 0.2) is 77.9 Å². The van der Waals surface area contributed by atoms with Gasteiger partial charge >= 0.3 is 0 Å². The number of likely N-dealkylation sites (tertiary alicyclic amines) is 1. The van der Waals surface area contributed by atoms with Crippen LogP contribution in [0.2, 0.25) is 10.0 Å². The zero-order chi connectivity index (χ0) is 36.2. The molecule has 2 fully saturated rings. The maximum atomic E-state index is 13.3. The Bertz CT molecular complexity index is 2210. The molecule has 3 aromatic heterocycles. The Labute approximate surface area is 311 Å². The number of pyridine rings is 2. The molecular weight excluding hydrogens is 701 g/mol. The Hall–Kier alpha value is -4.81. The molecule has 2 aromatic carbocycles. The molecule has 0 spiro atoms. The predicted molar refractivity (Wildman–Crippen MR) is 203 cm³/mol. The number of carbonyl (C=O) groups excluding carboxylic acids is 2. The summed E-state index contributed by atoms with van der Waals surface area (Å²) in [6.45, 7) is 3.59. The molecule has 11 nitrogen and oxygen atoms in total. The van der Waals surface area contributed by atoms with Gasteiger partial charge in [0.05, 0.1) is 22.8 Å². The van der Waals surface area contributed by atoms with E-state index in [-0.39, 0.29) is 23.4 Å². The van der Waals surface area contributed by atoms with Crippen LogP contribution in [0, 0.1) is 0 Å². The highest BCUT2D eigenvalue weighted by molar-refractivity contribution is 6.39. The summed E-state index contributed by atoms with van der Waals surface area (Å²) in [5.41, 5.74) is 6.25. The van der Waals surface area contributed by atoms with E-state index in [9.17, 15) is 14.4 Å². The molecule has 5 aromatic rings. The highest BCUT2D eigenvalue weighted by Gasteiger charge is 2.22. The number of halogens is 2. The number of rotatable bonds is 13. The van der Waals surface area contributed by atoms with Gasteiger partial charge in [-0.1, -0.05) is 65.7 Å². The highest BCUT2D eigenvalue weighted by atomic mass is 35.5. The van der Waals surface area contributed by atoms with Gasteiger partial charge in [0, 0.05) is 104 Å². The van der Waals surface area contributed by atoms with Gasteiger partial charge in [-0.15, -0.1) is 0 Å². The van der Waals surface area contributed by atoms with Crippen molar-refractivity contribution in [2.45, 2.75) is 44.8 Å². The Morgan fingerprint density at radius 1 is 0.904 bits per heavy atom. The van der Waals surface area contributed by atoms with Gasteiger partial charge in [-0.05, 0) is 36.6 Å². The van der Waals surface area contributed by atoms with Crippen molar-refractivity contribution in [2.75, 3.05) is 33.3 Å². The van der Waals surface area contributed by atoms with E-state index in [0.717, 1.165) is 52.8 Å². The molecule has 2 aliphatic rings. The summed E-state index contributed by atoms with van der Waals surface area (Å²) in [5, 5.41) is 10.6. The van der Waals surface area contributed by atoms with Gasteiger partial charge in [0.2, 0.25) is 17.7 Å². The van der Waals surface area contributed by atoms with Gasteiger partial charge < -0.3 is 25.6 Å². The van der Waals surface area contributed by atoms with Gasteiger partial charge in [0.1, 0.15) is 5.65 Å². The van der Waals surface area contributed by atoms with Crippen LogP contribution in [0.3, 0.4) is 0 Å². The van der Waals surface area contributed by atoms with Crippen molar-refractivity contribution in [3.63, 3.8) is 0 Å². The smallest absolute Gasteiger partial charge is 0.262 e. The van der Waals surface area contributed by atoms with Gasteiger partial charge in [-0.2, -0.15) is 0 Å². The van der Waals surface area contributed by atoms with E-state index in [1.807, 2.05) is 65.6 Å². The second-order valence-electron chi connectivity index (χ2n) is 13.0. The molecule has 3 N–H and O–H groups in total. The largest absolute Gasteiger partial charge is 0.481 e. The van der Waals surface area contributed by atoms with Crippen molar-refractivity contribution in [3.8, 4) is 39.4 Å². The van der Waals surface area contributed by atoms with E-state index in [1.54, 1.807) is 19.5 Å². The Kier molecular flexibility index (Phi) is 10.8. The summed E-state index contributed by atoms with van der Waals surface area (Å²) in [5.74, 6) is 0.769. The highest BCUT2D eigenvalue weighted by Crippen LogP contribution is 2.42. The first-order valence-electron chi connectivity index (χ1n) is 17.4. The first-order chi connectivity index (χ1) is 25.3. The number of fused-ring (bicyclic) bond motifs is 1. The lowest BCUT2D eigenvalue weighted by Crippen LogP contribution is -2.35. The molecule has 268 valence electrons. The van der Waals surface area contributed by atoms with E-state index in [0.29, 0.717) is 78.4 Å². The molecule has 0 radical (unpaired) electrons. The molecule has 5 heterocycles. The summed E-state index contributed by atoms with van der Waals surface area (Å²) >= 11 is 14.2. The minimum absolute atomic E-state index is 0.0925. The van der Waals surface area contributed by atoms with Crippen molar-refractivity contribution >= 4 is 40.7 Å². The summed E-state index contributed by atoms with van der Waals surface area (Å²) in [6.07, 6.45) is 6.22. The average Bonchev–Trinajstić information content (AvgIpc) is 3.77. The number of hydrogen-bond donors (Lipinski definition) is 3. The quantitative estimate of drug-likeness (QED) is 0.135. The minimum Gasteiger partial charge on any atom is -0.481 e. The molecule has 0 saturated carbocycles. The normalized spacial score (nSPS) is 15.8. The number of methoxy groups -OCH3 is 1. The van der Waals surface area contributed by atoms with Crippen LogP contribution >= 0.6 is 23.2 Å². The van der Waals surface area contributed by atoms with Crippen LogP contribution < -0.4 is 26.2 Å². The molecule has 13 heteroatoms. The van der Waals surface area contributed by atoms with Crippen molar-refractivity contribution in [3.05, 3.63) is 105 Å². The fourth-order valence-electron chi connectivity index (χ4n) is 6.82. The predicted octanol–water partition coefficient (Wildman–Crippen LogP) is 5.49. The molecular formula is C39H39Cl2N7O4. The third kappa shape index (κ3) is 7.54. The molecule has 0 unspecified atom stereocenters. The lowest BCUT2D eigenvalue weighted by atomic mass is 9.97. The summed E-state index contributed by atoms with van der Waals surface area (Å²) in [7, 11) is 1.59. The fourth-order valence-corrected chi connectivity index (χ4v) is 7.48. The Morgan fingerprint density at radius 3 is 2.38 bits per heavy atom. The average molecular weight is 741 g/mol. The number of benzene rings is 2. The number of aromatic nitrogens is 3. The lowest BCUT2D eigenvalue weighted by Gasteiger charge is -2.16. The summed E-state index contributed by atoms with van der Waals surface area (Å²) in [4.78, 5) is 47.9. The first kappa shape index (κ1) is 35.6. The second-order valence-corrected chi connectivity index (χ2v) is 13.8. The van der Waals surface area contributed by atoms with Crippen molar-refractivity contribution in [1.29, 1.82) is 0 Å². The number of nitrogens with zero attached hydrogens (tertiary/aromatic N) is 4. The third-order valence-corrected chi connectivity index (χ3v) is 10.4. The molecule has 0 bridgehead atoms. The van der Waals surface area contributed by atoms with Crippen LogP contribution in [0.25, 0.3) is 39.2 Å². The zero-order valence-corrected chi connectivity index (χ0v) is 30.3. The molecule has 2 saturated heterocycles. The number of amides is 2. The zero-order valence-electron chi connectivity index (χ0n) is 28.8. The van der Waals surface area contributed by atoms with Crippen LogP contribution in [-0.4, -0.2) is 70.4 Å². The first-order valence-corrected chi connectivity index (χ1v) is 18.2. The molecule has 2 amide bonds. The standard InChI is InChI=1S/C39H39Cl2N7O4/c1-52-38-25(20-43-23-27-11-13-34(49)45-27)10-12-32(46-38)31-8-3-7-30(37(31)41)29-6-2-5-28(36(29)40)24-14-17-48-33(19-24)44-22-26(39(48)51)21-42-15-18-47-16-4-9-35(47)50/h2-3,5-8,10,12,14,17,19,22,27,42-43H,4,9,11,13,15-16,18,20-21,23H2,1H3,(H,45,49)/t27-/m1/s1. The van der Waals surface area contributed by atoms with Gasteiger partial charge in [0.15, 0.2) is 0 Å². The van der Waals surface area contributed by atoms with E-state index in [1.165, 1.54) is 4.40 Å². The number of ether oxygens (including phenoxy) is 1. The number of nitrogens with one attached hydrogen (secondary N) is 3. The lowest BCUT2D eigenvalue weighted by molar-refractivity contribution is -0.127. The minimum atomic E-state index is -0.154. The SMILES string of the molecule is COc1nc(-c2cccc(-c3cccc(-c4ccn5c(=O)c(CNCCN6CCCC6=O)cnc5c4)c3Cl)c2Cl)ccc1CNC[C@H]1CCC(=O)N1. The Balaban J connectivity index is 1.09. The van der Waals surface area contributed by atoms with Crippen molar-refractivity contribution in [2.24, 2.45) is 0 Å². The monoisotopic (exact) mass is 739 g/mol. The van der Waals surface area contributed by atoms with E-state index >= 15 is 0 Å². The van der Waals surface area contributed by atoms with Crippen molar-refractivity contribution in [1.82, 2.24) is 35.2 Å². The van der Waals surface area contributed by atoms with Gasteiger partial charge in [0.25, 0.3) is 5.56 Å². The second kappa shape index (κ2) is 15.8. The van der Waals surface area contributed by atoms with Crippen LogP contribution in [0.5, 0.6) is 5.88 Å². The third-order valence-electron chi connectivity index (χ3n) is 9.62. The van der Waals surface area contributed by atoms with Gasteiger partial charge in [-0.3, -0.25) is 18.8 Å². The van der Waals surface area contributed by atoms with E-state index < -0.39 is 0 Å². The summed E-state index contributed by atoms with van der Waals surface area (Å²) < 4.78 is 7.17. The van der Waals surface area contributed by atoms with Crippen molar-refractivity contribution < 1.29 is 14.3 Å². The van der Waals surface area contributed by atoms with Crippen LogP contribution in [0.1, 0.15) is 36.8 Å². The maximum absolute atomic E-state index is 13.3. The number of carbonyl (C=O) groups is 2. The van der Waals surface area contributed by atoms with E-state index in [4.69, 9.17) is 32.9 Å². The van der Waals surface area contributed by atoms with Gasteiger partial charge in [-0.25, -0.2) is 9.97 Å². The van der Waals surface area contributed by atoms with Crippen LogP contribution in [-0.2, 0) is 22.7 Å².